The van der Waals surface area contributed by atoms with Gasteiger partial charge in [-0.2, -0.15) is 4.98 Å². The van der Waals surface area contributed by atoms with Crippen LogP contribution in [0.3, 0.4) is 0 Å². The zero-order chi connectivity index (χ0) is 19.3. The van der Waals surface area contributed by atoms with Crippen molar-refractivity contribution in [2.24, 2.45) is 0 Å². The molecule has 3 rings (SSSR count). The molecule has 0 spiro atoms. The zero-order valence-electron chi connectivity index (χ0n) is 14.4. The van der Waals surface area contributed by atoms with Crippen LogP contribution in [0.15, 0.2) is 65.8 Å². The summed E-state index contributed by atoms with van der Waals surface area (Å²) in [7, 11) is -3.80. The summed E-state index contributed by atoms with van der Waals surface area (Å²) < 4.78 is 26.7. The van der Waals surface area contributed by atoms with Crippen LogP contribution in [0.5, 0.6) is 0 Å². The van der Waals surface area contributed by atoms with E-state index in [0.717, 1.165) is 11.1 Å². The lowest BCUT2D eigenvalue weighted by atomic mass is 10.1. The molecule has 8 nitrogen and oxygen atoms in total. The van der Waals surface area contributed by atoms with Crippen molar-refractivity contribution in [2.75, 3.05) is 10.0 Å². The molecule has 9 heteroatoms. The van der Waals surface area contributed by atoms with Crippen molar-refractivity contribution in [1.29, 1.82) is 0 Å². The van der Waals surface area contributed by atoms with Crippen LogP contribution >= 0.6 is 0 Å². The Bertz CT molecular complexity index is 1060. The van der Waals surface area contributed by atoms with Gasteiger partial charge in [0, 0.05) is 11.8 Å². The van der Waals surface area contributed by atoms with Crippen molar-refractivity contribution in [3.05, 3.63) is 72.1 Å². The molecule has 0 aliphatic rings. The van der Waals surface area contributed by atoms with Gasteiger partial charge in [-0.3, -0.25) is 9.89 Å². The number of carbonyl (C=O) groups excluding carboxylic acids is 1. The first-order valence-corrected chi connectivity index (χ1v) is 9.46. The lowest BCUT2D eigenvalue weighted by Gasteiger charge is -2.06. The predicted octanol–water partition coefficient (Wildman–Crippen LogP) is 2.57. The van der Waals surface area contributed by atoms with Crippen LogP contribution in [-0.2, 0) is 14.8 Å². The first kappa shape index (κ1) is 18.3. The van der Waals surface area contributed by atoms with E-state index in [1.807, 2.05) is 31.2 Å². The number of H-pyrrole nitrogens is 1. The third kappa shape index (κ3) is 4.79. The number of carbonyl (C=O) groups is 1. The van der Waals surface area contributed by atoms with Gasteiger partial charge in [-0.1, -0.05) is 24.3 Å². The Morgan fingerprint density at radius 1 is 1.11 bits per heavy atom. The molecule has 27 heavy (non-hydrogen) atoms. The van der Waals surface area contributed by atoms with Gasteiger partial charge in [-0.05, 0) is 48.4 Å². The van der Waals surface area contributed by atoms with E-state index in [4.69, 9.17) is 0 Å². The fourth-order valence-corrected chi connectivity index (χ4v) is 3.23. The van der Waals surface area contributed by atoms with Crippen LogP contribution in [0.4, 0.5) is 11.6 Å². The molecule has 0 fully saturated rings. The van der Waals surface area contributed by atoms with Gasteiger partial charge in [0.2, 0.25) is 5.91 Å². The van der Waals surface area contributed by atoms with Crippen molar-refractivity contribution in [1.82, 2.24) is 15.2 Å². The maximum absolute atomic E-state index is 12.2. The third-order valence-electron chi connectivity index (χ3n) is 3.68. The number of aryl methyl sites for hydroxylation is 1. The average molecular weight is 383 g/mol. The lowest BCUT2D eigenvalue weighted by molar-refractivity contribution is -0.111. The van der Waals surface area contributed by atoms with Gasteiger partial charge < -0.3 is 5.32 Å². The van der Waals surface area contributed by atoms with Crippen molar-refractivity contribution in [3.8, 4) is 0 Å². The van der Waals surface area contributed by atoms with E-state index in [-0.39, 0.29) is 16.8 Å². The second-order valence-corrected chi connectivity index (χ2v) is 7.31. The Hall–Kier alpha value is -3.46. The second-order valence-electron chi connectivity index (χ2n) is 5.63. The number of anilines is 2. The highest BCUT2D eigenvalue weighted by atomic mass is 32.2. The van der Waals surface area contributed by atoms with E-state index in [1.54, 1.807) is 6.08 Å². The van der Waals surface area contributed by atoms with Gasteiger partial charge in [0.05, 0.1) is 4.90 Å². The molecule has 138 valence electrons. The molecule has 2 aromatic carbocycles. The molecule has 3 aromatic rings. The minimum atomic E-state index is -3.80. The summed E-state index contributed by atoms with van der Waals surface area (Å²) in [5.41, 5.74) is 2.49. The number of aromatic amines is 1. The minimum Gasteiger partial charge on any atom is -0.323 e. The van der Waals surface area contributed by atoms with Crippen molar-refractivity contribution in [3.63, 3.8) is 0 Å². The van der Waals surface area contributed by atoms with Crippen LogP contribution in [0, 0.1) is 6.92 Å². The summed E-state index contributed by atoms with van der Waals surface area (Å²) in [6, 6.07) is 13.5. The van der Waals surface area contributed by atoms with E-state index in [2.05, 4.69) is 25.2 Å². The zero-order valence-corrected chi connectivity index (χ0v) is 15.2. The SMILES string of the molecule is Cc1ccccc1/C=C/C(=O)Nc1ccc(S(=O)(=O)Nc2nc[nH]n2)cc1. The lowest BCUT2D eigenvalue weighted by Crippen LogP contribution is -2.14. The maximum Gasteiger partial charge on any atom is 0.264 e. The Labute approximate surface area is 156 Å². The van der Waals surface area contributed by atoms with Crippen molar-refractivity contribution < 1.29 is 13.2 Å². The smallest absolute Gasteiger partial charge is 0.264 e. The standard InChI is InChI=1S/C18H17N5O3S/c1-13-4-2-3-5-14(13)6-11-17(24)21-15-7-9-16(10-8-15)27(25,26)23-18-19-12-20-22-18/h2-12H,1H3,(H,21,24)(H2,19,20,22,23)/b11-6+. The minimum absolute atomic E-state index is 0.0285. The average Bonchev–Trinajstić information content (AvgIpc) is 3.14. The highest BCUT2D eigenvalue weighted by molar-refractivity contribution is 7.92. The normalized spacial score (nSPS) is 11.4. The summed E-state index contributed by atoms with van der Waals surface area (Å²) in [5.74, 6) is -0.360. The molecule has 0 aliphatic carbocycles. The molecule has 0 saturated carbocycles. The molecule has 0 saturated heterocycles. The number of benzene rings is 2. The van der Waals surface area contributed by atoms with Crippen molar-refractivity contribution >= 4 is 33.6 Å². The molecule has 1 aromatic heterocycles. The van der Waals surface area contributed by atoms with Gasteiger partial charge in [0.1, 0.15) is 6.33 Å². The first-order chi connectivity index (χ1) is 12.9. The molecule has 3 N–H and O–H groups in total. The topological polar surface area (TPSA) is 117 Å². The van der Waals surface area contributed by atoms with Crippen LogP contribution in [0.25, 0.3) is 6.08 Å². The number of hydrogen-bond acceptors (Lipinski definition) is 5. The highest BCUT2D eigenvalue weighted by Gasteiger charge is 2.15. The van der Waals surface area contributed by atoms with E-state index < -0.39 is 10.0 Å². The van der Waals surface area contributed by atoms with E-state index in [0.29, 0.717) is 5.69 Å². The van der Waals surface area contributed by atoms with Gasteiger partial charge in [0.25, 0.3) is 16.0 Å². The molecule has 0 atom stereocenters. The summed E-state index contributed by atoms with van der Waals surface area (Å²) in [4.78, 5) is 15.8. The van der Waals surface area contributed by atoms with Gasteiger partial charge in [-0.25, -0.2) is 13.1 Å². The second kappa shape index (κ2) is 7.83. The summed E-state index contributed by atoms with van der Waals surface area (Å²) in [6.45, 7) is 1.96. The van der Waals surface area contributed by atoms with Gasteiger partial charge in [0.15, 0.2) is 0 Å². The Morgan fingerprint density at radius 3 is 2.52 bits per heavy atom. The fraction of sp³-hybridized carbons (Fsp3) is 0.0556. The van der Waals surface area contributed by atoms with Gasteiger partial charge in [-0.15, -0.1) is 5.10 Å². The van der Waals surface area contributed by atoms with E-state index >= 15 is 0 Å². The molecule has 0 unspecified atom stereocenters. The molecule has 1 heterocycles. The van der Waals surface area contributed by atoms with E-state index in [1.165, 1.54) is 36.7 Å². The number of sulfonamides is 1. The Morgan fingerprint density at radius 2 is 1.85 bits per heavy atom. The number of hydrogen-bond donors (Lipinski definition) is 3. The molecule has 0 radical (unpaired) electrons. The number of rotatable bonds is 6. The summed E-state index contributed by atoms with van der Waals surface area (Å²) >= 11 is 0. The number of nitrogens with zero attached hydrogens (tertiary/aromatic N) is 2. The largest absolute Gasteiger partial charge is 0.323 e. The molecule has 1 amide bonds. The van der Waals surface area contributed by atoms with Crippen molar-refractivity contribution in [2.45, 2.75) is 11.8 Å². The fourth-order valence-electron chi connectivity index (χ4n) is 2.28. The number of nitrogens with one attached hydrogen (secondary N) is 3. The molecule has 0 aliphatic heterocycles. The highest BCUT2D eigenvalue weighted by Crippen LogP contribution is 2.16. The molecular formula is C18H17N5O3S. The Kier molecular flexibility index (Phi) is 5.32. The monoisotopic (exact) mass is 383 g/mol. The number of amides is 1. The van der Waals surface area contributed by atoms with E-state index in [9.17, 15) is 13.2 Å². The van der Waals surface area contributed by atoms with Crippen LogP contribution < -0.4 is 10.0 Å². The molecule has 0 bridgehead atoms. The van der Waals surface area contributed by atoms with Gasteiger partial charge >= 0.3 is 0 Å². The van der Waals surface area contributed by atoms with Crippen LogP contribution in [-0.4, -0.2) is 29.5 Å². The van der Waals surface area contributed by atoms with Crippen LogP contribution in [0.1, 0.15) is 11.1 Å². The number of aromatic nitrogens is 3. The first-order valence-electron chi connectivity index (χ1n) is 7.97. The Balaban J connectivity index is 1.65. The molecular weight excluding hydrogens is 366 g/mol. The van der Waals surface area contributed by atoms with Crippen LogP contribution in [0.2, 0.25) is 0 Å². The summed E-state index contributed by atoms with van der Waals surface area (Å²) in [5, 5.41) is 8.75. The predicted molar refractivity (Wildman–Crippen MR) is 102 cm³/mol. The summed E-state index contributed by atoms with van der Waals surface area (Å²) in [6.07, 6.45) is 4.42. The maximum atomic E-state index is 12.2. The quantitative estimate of drug-likeness (QED) is 0.566. The third-order valence-corrected chi connectivity index (χ3v) is 5.02.